The zero-order valence-electron chi connectivity index (χ0n) is 20.9. The molecule has 16 nitrogen and oxygen atoms in total. The summed E-state index contributed by atoms with van der Waals surface area (Å²) in [4.78, 5) is 51.7. The molecule has 1 saturated heterocycles. The molecule has 0 aromatic heterocycles. The number of esters is 2. The Labute approximate surface area is 226 Å². The molecule has 3 rings (SSSR count). The summed E-state index contributed by atoms with van der Waals surface area (Å²) in [6.07, 6.45) is -4.92. The van der Waals surface area contributed by atoms with Gasteiger partial charge in [0.1, 0.15) is 25.4 Å². The van der Waals surface area contributed by atoms with Crippen molar-refractivity contribution in [1.82, 2.24) is 14.7 Å². The third-order valence-electron chi connectivity index (χ3n) is 5.67. The van der Waals surface area contributed by atoms with Crippen molar-refractivity contribution in [3.63, 3.8) is 0 Å². The molecule has 2 aromatic rings. The molecule has 0 saturated carbocycles. The van der Waals surface area contributed by atoms with Crippen LogP contribution in [0.15, 0.2) is 36.4 Å². The summed E-state index contributed by atoms with van der Waals surface area (Å²) < 4.78 is 9.84. The monoisotopic (exact) mass is 565 g/mol. The number of hydrogen-bond acceptors (Lipinski definition) is 13. The van der Waals surface area contributed by atoms with Gasteiger partial charge in [-0.2, -0.15) is 0 Å². The fourth-order valence-electron chi connectivity index (χ4n) is 3.52. The van der Waals surface area contributed by atoms with Crippen molar-refractivity contribution < 1.29 is 64.4 Å². The largest absolute Gasteiger partial charge is 0.504 e. The maximum Gasteiger partial charge on any atom is 0.338 e. The van der Waals surface area contributed by atoms with E-state index in [-0.39, 0.29) is 11.1 Å². The summed E-state index contributed by atoms with van der Waals surface area (Å²) in [5.74, 6) is -4.00. The Hall–Kier alpha value is -4.80. The zero-order valence-corrected chi connectivity index (χ0v) is 20.9. The normalized spacial score (nSPS) is 17.0. The number of hydrogen-bond donors (Lipinski definition) is 7. The molecular weight excluding hydrogens is 538 g/mol. The van der Waals surface area contributed by atoms with E-state index in [0.717, 1.165) is 48.3 Å². The number of phenols is 4. The van der Waals surface area contributed by atoms with Gasteiger partial charge in [0.2, 0.25) is 6.35 Å². The van der Waals surface area contributed by atoms with E-state index in [1.54, 1.807) is 0 Å². The molecule has 3 unspecified atom stereocenters. The molecule has 0 spiro atoms. The lowest BCUT2D eigenvalue weighted by Crippen LogP contribution is -2.67. The van der Waals surface area contributed by atoms with Crippen molar-refractivity contribution in [3.05, 3.63) is 47.5 Å². The highest BCUT2D eigenvalue weighted by Crippen LogP contribution is 2.26. The lowest BCUT2D eigenvalue weighted by Gasteiger charge is -2.43. The predicted molar refractivity (Wildman–Crippen MR) is 130 cm³/mol. The molecule has 0 aliphatic carbocycles. The van der Waals surface area contributed by atoms with E-state index in [1.165, 1.54) is 0 Å². The highest BCUT2D eigenvalue weighted by molar-refractivity contribution is 5.96. The van der Waals surface area contributed by atoms with Crippen LogP contribution in [0.2, 0.25) is 0 Å². The van der Waals surface area contributed by atoms with Crippen LogP contribution in [0.4, 0.5) is 9.59 Å². The lowest BCUT2D eigenvalue weighted by molar-refractivity contribution is -0.100. The predicted octanol–water partition coefficient (Wildman–Crippen LogP) is -0.690. The van der Waals surface area contributed by atoms with Gasteiger partial charge in [-0.15, -0.1) is 0 Å². The number of ether oxygens (including phenoxy) is 2. The smallest absolute Gasteiger partial charge is 0.338 e. The second-order valence-electron chi connectivity index (χ2n) is 8.70. The Morgan fingerprint density at radius 3 is 1.68 bits per heavy atom. The topological polar surface area (TPSA) is 238 Å². The first-order valence-electron chi connectivity index (χ1n) is 11.6. The number of aliphatic hydroxyl groups is 3. The molecule has 2 aromatic carbocycles. The van der Waals surface area contributed by atoms with Gasteiger partial charge in [-0.3, -0.25) is 9.80 Å². The van der Waals surface area contributed by atoms with E-state index >= 15 is 0 Å². The summed E-state index contributed by atoms with van der Waals surface area (Å²) in [7, 11) is 1.15. The van der Waals surface area contributed by atoms with E-state index in [0.29, 0.717) is 9.80 Å². The first-order valence-corrected chi connectivity index (χ1v) is 11.6. The lowest BCUT2D eigenvalue weighted by atomic mass is 10.2. The first-order chi connectivity index (χ1) is 18.8. The van der Waals surface area contributed by atoms with Crippen molar-refractivity contribution >= 4 is 24.0 Å². The van der Waals surface area contributed by atoms with Gasteiger partial charge in [0, 0.05) is 7.05 Å². The fourth-order valence-corrected chi connectivity index (χ4v) is 3.52. The molecule has 0 bridgehead atoms. The van der Waals surface area contributed by atoms with Crippen LogP contribution in [0.25, 0.3) is 0 Å². The number of aromatic hydroxyl groups is 4. The SMILES string of the molecule is CN1C(=O)N(CC(O)COC(=O)c2ccc(O)c(O)c2)C(=O)N(CC(O)COC(=O)c2ccc(O)c(O)c2)C1O. The van der Waals surface area contributed by atoms with Gasteiger partial charge in [0.15, 0.2) is 23.0 Å². The van der Waals surface area contributed by atoms with E-state index in [9.17, 15) is 54.9 Å². The minimum Gasteiger partial charge on any atom is -0.504 e. The van der Waals surface area contributed by atoms with Crippen LogP contribution in [0.3, 0.4) is 0 Å². The third-order valence-corrected chi connectivity index (χ3v) is 5.67. The van der Waals surface area contributed by atoms with Crippen LogP contribution >= 0.6 is 0 Å². The van der Waals surface area contributed by atoms with Gasteiger partial charge in [-0.25, -0.2) is 24.1 Å². The number of benzene rings is 2. The van der Waals surface area contributed by atoms with Gasteiger partial charge < -0.3 is 45.2 Å². The Morgan fingerprint density at radius 2 is 1.23 bits per heavy atom. The number of β-amino-alcohol motifs (C(OH)–C–C–N with tert-alkyl or cyclic N) is 2. The maximum atomic E-state index is 12.9. The van der Waals surface area contributed by atoms with E-state index in [4.69, 9.17) is 9.47 Å². The quantitative estimate of drug-likeness (QED) is 0.140. The molecule has 1 fully saturated rings. The average Bonchev–Trinajstić information content (AvgIpc) is 2.92. The van der Waals surface area contributed by atoms with Crippen molar-refractivity contribution in [3.8, 4) is 23.0 Å². The van der Waals surface area contributed by atoms with Gasteiger partial charge in [0.05, 0.1) is 24.2 Å². The van der Waals surface area contributed by atoms with Crippen LogP contribution in [0, 0.1) is 0 Å². The minimum absolute atomic E-state index is 0.134. The fraction of sp³-hybridized carbons (Fsp3) is 0.333. The van der Waals surface area contributed by atoms with E-state index < -0.39 is 91.9 Å². The Bertz CT molecular complexity index is 1290. The molecular formula is C24H27N3O13. The number of phenolic OH excluding ortho intramolecular Hbond substituents is 4. The van der Waals surface area contributed by atoms with Crippen LogP contribution in [-0.2, 0) is 9.47 Å². The summed E-state index contributed by atoms with van der Waals surface area (Å²) in [5.41, 5.74) is -0.274. The summed E-state index contributed by atoms with van der Waals surface area (Å²) in [6.45, 7) is -2.61. The molecule has 1 aliphatic rings. The molecule has 0 radical (unpaired) electrons. The highest BCUT2D eigenvalue weighted by Gasteiger charge is 2.43. The van der Waals surface area contributed by atoms with Crippen molar-refractivity contribution in [2.45, 2.75) is 18.6 Å². The standard InChI is InChI=1S/C24H27N3O13/c1-25-22(36)26(8-14(28)10-39-20(34)12-2-4-16(30)18(32)6-12)24(38)27(23(25)37)9-15(29)11-40-21(35)13-3-5-17(31)19(33)7-13/h2-7,14-15,22,28-33,36H,8-11H2,1H3. The molecule has 1 heterocycles. The van der Waals surface area contributed by atoms with Crippen LogP contribution in [0.1, 0.15) is 20.7 Å². The number of rotatable bonds is 10. The number of imide groups is 1. The van der Waals surface area contributed by atoms with Gasteiger partial charge in [0.25, 0.3) is 0 Å². The average molecular weight is 565 g/mol. The second kappa shape index (κ2) is 12.4. The number of carbonyl (C=O) groups is 4. The second-order valence-corrected chi connectivity index (χ2v) is 8.70. The summed E-state index contributed by atoms with van der Waals surface area (Å²) in [5, 5.41) is 68.6. The maximum absolute atomic E-state index is 12.9. The van der Waals surface area contributed by atoms with E-state index in [1.807, 2.05) is 0 Å². The van der Waals surface area contributed by atoms with Crippen molar-refractivity contribution in [2.24, 2.45) is 0 Å². The number of carbonyl (C=O) groups excluding carboxylic acids is 4. The minimum atomic E-state index is -1.81. The van der Waals surface area contributed by atoms with Crippen LogP contribution in [0.5, 0.6) is 23.0 Å². The number of nitrogens with zero attached hydrogens (tertiary/aromatic N) is 3. The summed E-state index contributed by atoms with van der Waals surface area (Å²) >= 11 is 0. The Balaban J connectivity index is 1.57. The first kappa shape index (κ1) is 29.8. The Morgan fingerprint density at radius 1 is 0.775 bits per heavy atom. The number of urea groups is 2. The zero-order chi connectivity index (χ0) is 29.7. The molecule has 40 heavy (non-hydrogen) atoms. The molecule has 1 aliphatic heterocycles. The molecule has 3 atom stereocenters. The van der Waals surface area contributed by atoms with Gasteiger partial charge in [-0.1, -0.05) is 0 Å². The molecule has 216 valence electrons. The Kier molecular flexibility index (Phi) is 9.20. The van der Waals surface area contributed by atoms with Crippen LogP contribution < -0.4 is 0 Å². The van der Waals surface area contributed by atoms with Crippen molar-refractivity contribution in [2.75, 3.05) is 33.4 Å². The van der Waals surface area contributed by atoms with Gasteiger partial charge in [-0.05, 0) is 36.4 Å². The highest BCUT2D eigenvalue weighted by atomic mass is 16.5. The molecule has 16 heteroatoms. The number of amides is 4. The number of aliphatic hydroxyl groups excluding tert-OH is 3. The molecule has 7 N–H and O–H groups in total. The summed E-state index contributed by atoms with van der Waals surface area (Å²) in [6, 6.07) is 4.19. The van der Waals surface area contributed by atoms with Gasteiger partial charge >= 0.3 is 24.0 Å². The van der Waals surface area contributed by atoms with E-state index in [2.05, 4.69) is 0 Å². The molecule has 4 amide bonds. The van der Waals surface area contributed by atoms with Crippen LogP contribution in [-0.4, -0.2) is 126 Å². The third kappa shape index (κ3) is 6.79. The van der Waals surface area contributed by atoms with Crippen molar-refractivity contribution in [1.29, 1.82) is 0 Å².